The Balaban J connectivity index is 2.04. The van der Waals surface area contributed by atoms with Gasteiger partial charge in [0.2, 0.25) is 11.8 Å². The van der Waals surface area contributed by atoms with Gasteiger partial charge in [0, 0.05) is 24.5 Å². The van der Waals surface area contributed by atoms with Crippen LogP contribution in [0, 0.1) is 6.92 Å². The zero-order valence-electron chi connectivity index (χ0n) is 18.7. The summed E-state index contributed by atoms with van der Waals surface area (Å²) in [4.78, 5) is 27.5. The molecule has 6 heteroatoms. The van der Waals surface area contributed by atoms with Gasteiger partial charge in [0.05, 0.1) is 6.61 Å². The third kappa shape index (κ3) is 7.91. The summed E-state index contributed by atoms with van der Waals surface area (Å²) < 4.78 is 5.74. The Hall–Kier alpha value is -2.53. The SMILES string of the molecule is CCCNC(=O)[C@H](CC)N(Cc1ccccc1Cl)C(=O)CCCOc1ccc(C)cc1. The first kappa shape index (κ1) is 24.7. The zero-order valence-corrected chi connectivity index (χ0v) is 19.5. The van der Waals surface area contributed by atoms with Gasteiger partial charge in [-0.3, -0.25) is 9.59 Å². The standard InChI is InChI=1S/C25H33ClN2O3/c1-4-16-27-25(30)23(5-2)28(18-20-9-6-7-10-22(20)26)24(29)11-8-17-31-21-14-12-19(3)13-15-21/h6-7,9-10,12-15,23H,4-5,8,11,16-18H2,1-3H3,(H,27,30)/t23-/m0/s1. The van der Waals surface area contributed by atoms with E-state index in [9.17, 15) is 9.59 Å². The number of aryl methyl sites for hydroxylation is 1. The van der Waals surface area contributed by atoms with Crippen LogP contribution in [0.2, 0.25) is 5.02 Å². The van der Waals surface area contributed by atoms with E-state index in [1.165, 1.54) is 5.56 Å². The number of benzene rings is 2. The Morgan fingerprint density at radius 2 is 1.81 bits per heavy atom. The maximum Gasteiger partial charge on any atom is 0.242 e. The van der Waals surface area contributed by atoms with Crippen molar-refractivity contribution in [1.82, 2.24) is 10.2 Å². The molecule has 0 bridgehead atoms. The van der Waals surface area contributed by atoms with Crippen LogP contribution in [0.15, 0.2) is 48.5 Å². The minimum atomic E-state index is -0.534. The molecule has 0 fully saturated rings. The van der Waals surface area contributed by atoms with Crippen molar-refractivity contribution in [3.63, 3.8) is 0 Å². The molecule has 5 nitrogen and oxygen atoms in total. The third-order valence-corrected chi connectivity index (χ3v) is 5.43. The van der Waals surface area contributed by atoms with E-state index in [4.69, 9.17) is 16.3 Å². The number of amides is 2. The molecule has 168 valence electrons. The quantitative estimate of drug-likeness (QED) is 0.461. The maximum absolute atomic E-state index is 13.1. The number of carbonyl (C=O) groups is 2. The normalized spacial score (nSPS) is 11.6. The molecule has 0 aromatic heterocycles. The zero-order chi connectivity index (χ0) is 22.6. The van der Waals surface area contributed by atoms with Crippen LogP contribution in [0.4, 0.5) is 0 Å². The van der Waals surface area contributed by atoms with Gasteiger partial charge in [-0.25, -0.2) is 0 Å². The summed E-state index contributed by atoms with van der Waals surface area (Å²) in [7, 11) is 0. The summed E-state index contributed by atoms with van der Waals surface area (Å²) in [6.45, 7) is 7.28. The van der Waals surface area contributed by atoms with Crippen molar-refractivity contribution in [2.24, 2.45) is 0 Å². The number of nitrogens with zero attached hydrogens (tertiary/aromatic N) is 1. The average Bonchev–Trinajstić information content (AvgIpc) is 2.77. The number of carbonyl (C=O) groups excluding carboxylic acids is 2. The molecule has 31 heavy (non-hydrogen) atoms. The van der Waals surface area contributed by atoms with Crippen molar-refractivity contribution < 1.29 is 14.3 Å². The van der Waals surface area contributed by atoms with Crippen molar-refractivity contribution in [1.29, 1.82) is 0 Å². The van der Waals surface area contributed by atoms with Crippen LogP contribution < -0.4 is 10.1 Å². The van der Waals surface area contributed by atoms with Crippen LogP contribution in [0.25, 0.3) is 0 Å². The van der Waals surface area contributed by atoms with Crippen molar-refractivity contribution in [3.8, 4) is 5.75 Å². The molecule has 0 heterocycles. The highest BCUT2D eigenvalue weighted by molar-refractivity contribution is 6.31. The molecular formula is C25H33ClN2O3. The lowest BCUT2D eigenvalue weighted by molar-refractivity contribution is -0.141. The molecule has 2 aromatic carbocycles. The Labute approximate surface area is 190 Å². The van der Waals surface area contributed by atoms with Gasteiger partial charge in [0.15, 0.2) is 0 Å². The molecule has 1 N–H and O–H groups in total. The van der Waals surface area contributed by atoms with E-state index < -0.39 is 6.04 Å². The highest BCUT2D eigenvalue weighted by Crippen LogP contribution is 2.21. The summed E-state index contributed by atoms with van der Waals surface area (Å²) in [5.41, 5.74) is 2.00. The van der Waals surface area contributed by atoms with Crippen LogP contribution in [-0.2, 0) is 16.1 Å². The molecule has 0 aliphatic heterocycles. The van der Waals surface area contributed by atoms with Gasteiger partial charge in [-0.05, 0) is 49.9 Å². The van der Waals surface area contributed by atoms with Crippen LogP contribution in [0.3, 0.4) is 0 Å². The van der Waals surface area contributed by atoms with Crippen LogP contribution in [0.5, 0.6) is 5.75 Å². The lowest BCUT2D eigenvalue weighted by Gasteiger charge is -2.31. The van der Waals surface area contributed by atoms with E-state index in [1.807, 2.05) is 63.2 Å². The molecule has 0 unspecified atom stereocenters. The fourth-order valence-electron chi connectivity index (χ4n) is 3.29. The first-order chi connectivity index (χ1) is 15.0. The van der Waals surface area contributed by atoms with Crippen LogP contribution in [0.1, 0.15) is 50.7 Å². The summed E-state index contributed by atoms with van der Waals surface area (Å²) >= 11 is 6.33. The van der Waals surface area contributed by atoms with Gasteiger partial charge in [-0.15, -0.1) is 0 Å². The summed E-state index contributed by atoms with van der Waals surface area (Å²) in [6.07, 6.45) is 2.25. The van der Waals surface area contributed by atoms with E-state index in [1.54, 1.807) is 11.0 Å². The Kier molecular flexibility index (Phi) is 10.4. The molecule has 2 amide bonds. The van der Waals surface area contributed by atoms with Gasteiger partial charge in [0.1, 0.15) is 11.8 Å². The fourth-order valence-corrected chi connectivity index (χ4v) is 3.48. The number of nitrogens with one attached hydrogen (secondary N) is 1. The Morgan fingerprint density at radius 1 is 1.10 bits per heavy atom. The summed E-state index contributed by atoms with van der Waals surface area (Å²) in [5, 5.41) is 3.51. The Morgan fingerprint density at radius 3 is 2.45 bits per heavy atom. The minimum absolute atomic E-state index is 0.0778. The van der Waals surface area contributed by atoms with Crippen molar-refractivity contribution in [2.75, 3.05) is 13.2 Å². The van der Waals surface area contributed by atoms with E-state index >= 15 is 0 Å². The number of hydrogen-bond acceptors (Lipinski definition) is 3. The van der Waals surface area contributed by atoms with Crippen molar-refractivity contribution in [2.45, 2.75) is 59.0 Å². The predicted molar refractivity (Wildman–Crippen MR) is 125 cm³/mol. The van der Waals surface area contributed by atoms with E-state index in [2.05, 4.69) is 5.32 Å². The number of hydrogen-bond donors (Lipinski definition) is 1. The highest BCUT2D eigenvalue weighted by atomic mass is 35.5. The lowest BCUT2D eigenvalue weighted by Crippen LogP contribution is -2.49. The smallest absolute Gasteiger partial charge is 0.242 e. The molecule has 0 aliphatic rings. The minimum Gasteiger partial charge on any atom is -0.494 e. The van der Waals surface area contributed by atoms with Crippen LogP contribution in [-0.4, -0.2) is 35.9 Å². The molecule has 0 saturated carbocycles. The van der Waals surface area contributed by atoms with E-state index in [0.29, 0.717) is 44.0 Å². The van der Waals surface area contributed by atoms with Crippen LogP contribution >= 0.6 is 11.6 Å². The van der Waals surface area contributed by atoms with Gasteiger partial charge < -0.3 is 15.0 Å². The van der Waals surface area contributed by atoms with Gasteiger partial charge in [-0.2, -0.15) is 0 Å². The first-order valence-electron chi connectivity index (χ1n) is 11.0. The second kappa shape index (κ2) is 13.0. The predicted octanol–water partition coefficient (Wildman–Crippen LogP) is 5.14. The first-order valence-corrected chi connectivity index (χ1v) is 11.3. The van der Waals surface area contributed by atoms with E-state index in [0.717, 1.165) is 17.7 Å². The van der Waals surface area contributed by atoms with Crippen molar-refractivity contribution >= 4 is 23.4 Å². The maximum atomic E-state index is 13.1. The summed E-state index contributed by atoms with van der Waals surface area (Å²) in [6, 6.07) is 14.7. The Bertz CT molecular complexity index is 839. The number of rotatable bonds is 12. The van der Waals surface area contributed by atoms with E-state index in [-0.39, 0.29) is 11.8 Å². The molecule has 1 atom stereocenters. The molecule has 0 radical (unpaired) electrons. The molecular weight excluding hydrogens is 412 g/mol. The second-order valence-electron chi connectivity index (χ2n) is 7.59. The fraction of sp³-hybridized carbons (Fsp3) is 0.440. The van der Waals surface area contributed by atoms with Crippen molar-refractivity contribution in [3.05, 3.63) is 64.7 Å². The highest BCUT2D eigenvalue weighted by Gasteiger charge is 2.28. The molecule has 2 rings (SSSR count). The average molecular weight is 445 g/mol. The van der Waals surface area contributed by atoms with Gasteiger partial charge in [-0.1, -0.05) is 61.3 Å². The molecule has 0 saturated heterocycles. The molecule has 2 aromatic rings. The third-order valence-electron chi connectivity index (χ3n) is 5.06. The lowest BCUT2D eigenvalue weighted by atomic mass is 10.1. The largest absolute Gasteiger partial charge is 0.494 e. The van der Waals surface area contributed by atoms with Gasteiger partial charge in [0.25, 0.3) is 0 Å². The molecule has 0 aliphatic carbocycles. The second-order valence-corrected chi connectivity index (χ2v) is 8.00. The number of ether oxygens (including phenoxy) is 1. The summed E-state index contributed by atoms with van der Waals surface area (Å²) in [5.74, 6) is 0.586. The molecule has 0 spiro atoms. The van der Waals surface area contributed by atoms with Gasteiger partial charge >= 0.3 is 0 Å². The number of halogens is 1. The monoisotopic (exact) mass is 444 g/mol. The topological polar surface area (TPSA) is 58.6 Å².